The molecule has 0 radical (unpaired) electrons. The van der Waals surface area contributed by atoms with E-state index in [2.05, 4.69) is 12.1 Å². The summed E-state index contributed by atoms with van der Waals surface area (Å²) in [6.07, 6.45) is 3.62. The van der Waals surface area contributed by atoms with Gasteiger partial charge in [0, 0.05) is 11.4 Å². The molecule has 1 aliphatic carbocycles. The van der Waals surface area contributed by atoms with Gasteiger partial charge in [-0.15, -0.1) is 0 Å². The van der Waals surface area contributed by atoms with Crippen LogP contribution in [0.15, 0.2) is 48.5 Å². The van der Waals surface area contributed by atoms with Gasteiger partial charge in [-0.3, -0.25) is 4.79 Å². The van der Waals surface area contributed by atoms with Crippen molar-refractivity contribution < 1.29 is 14.3 Å². The van der Waals surface area contributed by atoms with E-state index in [1.54, 1.807) is 0 Å². The Kier molecular flexibility index (Phi) is 6.66. The molecule has 0 spiro atoms. The molecule has 0 aromatic heterocycles. The molecule has 0 bridgehead atoms. The van der Waals surface area contributed by atoms with Crippen molar-refractivity contribution in [1.29, 1.82) is 0 Å². The number of hydrogen-bond acceptors (Lipinski definition) is 3. The summed E-state index contributed by atoms with van der Waals surface area (Å²) in [6.45, 7) is 6.23. The van der Waals surface area contributed by atoms with Gasteiger partial charge in [0.1, 0.15) is 18.0 Å². The molecule has 2 atom stereocenters. The Labute approximate surface area is 173 Å². The van der Waals surface area contributed by atoms with Gasteiger partial charge >= 0.3 is 5.97 Å². The van der Waals surface area contributed by atoms with Gasteiger partial charge in [0.15, 0.2) is 0 Å². The summed E-state index contributed by atoms with van der Waals surface area (Å²) in [5.41, 5.74) is 1.86. The zero-order valence-electron chi connectivity index (χ0n) is 16.9. The zero-order chi connectivity index (χ0) is 20.1. The second-order valence-electron chi connectivity index (χ2n) is 8.62. The summed E-state index contributed by atoms with van der Waals surface area (Å²) in [4.78, 5) is 12.2. The fourth-order valence-electron chi connectivity index (χ4n) is 3.90. The first-order chi connectivity index (χ1) is 13.3. The third-order valence-electron chi connectivity index (χ3n) is 5.06. The normalized spacial score (nSPS) is 19.4. The zero-order valence-corrected chi connectivity index (χ0v) is 17.7. The largest absolute Gasteiger partial charge is 0.489 e. The van der Waals surface area contributed by atoms with E-state index in [0.29, 0.717) is 24.9 Å². The lowest BCUT2D eigenvalue weighted by atomic mass is 9.94. The first-order valence-electron chi connectivity index (χ1n) is 9.98. The molecule has 2 aromatic carbocycles. The molecule has 2 aromatic rings. The van der Waals surface area contributed by atoms with Crippen molar-refractivity contribution in [3.8, 4) is 5.75 Å². The van der Waals surface area contributed by atoms with Gasteiger partial charge in [-0.1, -0.05) is 41.9 Å². The van der Waals surface area contributed by atoms with E-state index in [1.165, 1.54) is 5.56 Å². The molecule has 1 saturated carbocycles. The standard InChI is InChI=1S/C24H29ClO3/c1-24(2,3)28-23(26)15-17-11-12-19(13-17)21-9-4-5-10-22(21)27-16-18-7-6-8-20(25)14-18/h4-10,14,17,19H,11-13,15-16H2,1-3H3. The van der Waals surface area contributed by atoms with Crippen molar-refractivity contribution in [2.24, 2.45) is 5.92 Å². The number of halogens is 1. The van der Waals surface area contributed by atoms with Crippen LogP contribution < -0.4 is 4.74 Å². The highest BCUT2D eigenvalue weighted by molar-refractivity contribution is 6.30. The summed E-state index contributed by atoms with van der Waals surface area (Å²) in [7, 11) is 0. The Bertz CT molecular complexity index is 809. The molecule has 0 saturated heterocycles. The molecule has 3 rings (SSSR count). The molecule has 150 valence electrons. The fraction of sp³-hybridized carbons (Fsp3) is 0.458. The van der Waals surface area contributed by atoms with Crippen LogP contribution >= 0.6 is 11.6 Å². The summed E-state index contributed by atoms with van der Waals surface area (Å²) < 4.78 is 11.6. The Morgan fingerprint density at radius 3 is 2.64 bits per heavy atom. The minimum Gasteiger partial charge on any atom is -0.489 e. The van der Waals surface area contributed by atoms with Crippen LogP contribution in [0.4, 0.5) is 0 Å². The highest BCUT2D eigenvalue weighted by Crippen LogP contribution is 2.43. The summed E-state index contributed by atoms with van der Waals surface area (Å²) >= 11 is 6.07. The topological polar surface area (TPSA) is 35.5 Å². The number of para-hydroxylation sites is 1. The number of hydrogen-bond donors (Lipinski definition) is 0. The van der Waals surface area contributed by atoms with E-state index in [9.17, 15) is 4.79 Å². The van der Waals surface area contributed by atoms with Crippen molar-refractivity contribution in [1.82, 2.24) is 0 Å². The molecule has 0 heterocycles. The number of ether oxygens (including phenoxy) is 2. The maximum atomic E-state index is 12.2. The van der Waals surface area contributed by atoms with Crippen LogP contribution in [-0.4, -0.2) is 11.6 Å². The van der Waals surface area contributed by atoms with Crippen molar-refractivity contribution in [3.05, 3.63) is 64.7 Å². The van der Waals surface area contributed by atoms with Crippen LogP contribution in [0.3, 0.4) is 0 Å². The van der Waals surface area contributed by atoms with Gasteiger partial charge in [-0.05, 0) is 81.2 Å². The number of esters is 1. The Hall–Kier alpha value is -2.00. The Morgan fingerprint density at radius 1 is 1.11 bits per heavy atom. The lowest BCUT2D eigenvalue weighted by Gasteiger charge is -2.21. The Morgan fingerprint density at radius 2 is 1.89 bits per heavy atom. The maximum absolute atomic E-state index is 12.2. The second-order valence-corrected chi connectivity index (χ2v) is 9.06. The van der Waals surface area contributed by atoms with Gasteiger partial charge in [0.25, 0.3) is 0 Å². The number of rotatable bonds is 6. The van der Waals surface area contributed by atoms with Crippen LogP contribution in [0.5, 0.6) is 5.75 Å². The first kappa shape index (κ1) is 20.7. The molecule has 28 heavy (non-hydrogen) atoms. The van der Waals surface area contributed by atoms with E-state index >= 15 is 0 Å². The fourth-order valence-corrected chi connectivity index (χ4v) is 4.11. The lowest BCUT2D eigenvalue weighted by Crippen LogP contribution is -2.24. The van der Waals surface area contributed by atoms with Crippen molar-refractivity contribution in [3.63, 3.8) is 0 Å². The van der Waals surface area contributed by atoms with Crippen molar-refractivity contribution in [2.45, 2.75) is 64.6 Å². The van der Waals surface area contributed by atoms with Crippen LogP contribution in [0.25, 0.3) is 0 Å². The van der Waals surface area contributed by atoms with E-state index in [1.807, 2.05) is 57.2 Å². The summed E-state index contributed by atoms with van der Waals surface area (Å²) in [5.74, 6) is 1.62. The number of benzene rings is 2. The highest BCUT2D eigenvalue weighted by Gasteiger charge is 2.30. The second kappa shape index (κ2) is 9.00. The molecule has 1 aliphatic rings. The third-order valence-corrected chi connectivity index (χ3v) is 5.29. The van der Waals surface area contributed by atoms with E-state index in [0.717, 1.165) is 35.6 Å². The molecule has 4 heteroatoms. The minimum atomic E-state index is -0.421. The quantitative estimate of drug-likeness (QED) is 0.517. The predicted octanol–water partition coefficient (Wildman–Crippen LogP) is 6.53. The smallest absolute Gasteiger partial charge is 0.306 e. The van der Waals surface area contributed by atoms with E-state index in [4.69, 9.17) is 21.1 Å². The highest BCUT2D eigenvalue weighted by atomic mass is 35.5. The maximum Gasteiger partial charge on any atom is 0.306 e. The average molecular weight is 401 g/mol. The van der Waals surface area contributed by atoms with Gasteiger partial charge < -0.3 is 9.47 Å². The summed E-state index contributed by atoms with van der Waals surface area (Å²) in [6, 6.07) is 16.0. The van der Waals surface area contributed by atoms with E-state index in [-0.39, 0.29) is 5.97 Å². The van der Waals surface area contributed by atoms with Crippen LogP contribution in [0.1, 0.15) is 63.5 Å². The summed E-state index contributed by atoms with van der Waals surface area (Å²) in [5, 5.41) is 0.718. The first-order valence-corrected chi connectivity index (χ1v) is 10.4. The average Bonchev–Trinajstić information content (AvgIpc) is 3.07. The number of carbonyl (C=O) groups is 1. The molecule has 3 nitrogen and oxygen atoms in total. The van der Waals surface area contributed by atoms with Gasteiger partial charge in [-0.2, -0.15) is 0 Å². The molecule has 0 N–H and O–H groups in total. The molecule has 0 aliphatic heterocycles. The van der Waals surface area contributed by atoms with Crippen molar-refractivity contribution in [2.75, 3.05) is 0 Å². The Balaban J connectivity index is 1.61. The lowest BCUT2D eigenvalue weighted by molar-refractivity contribution is -0.155. The SMILES string of the molecule is CC(C)(C)OC(=O)CC1CCC(c2ccccc2OCc2cccc(Cl)c2)C1. The van der Waals surface area contributed by atoms with Crippen LogP contribution in [0, 0.1) is 5.92 Å². The van der Waals surface area contributed by atoms with Gasteiger partial charge in [-0.25, -0.2) is 0 Å². The molecular formula is C24H29ClO3. The molecular weight excluding hydrogens is 372 g/mol. The van der Waals surface area contributed by atoms with Gasteiger partial charge in [0.05, 0.1) is 0 Å². The van der Waals surface area contributed by atoms with Crippen molar-refractivity contribution >= 4 is 17.6 Å². The van der Waals surface area contributed by atoms with E-state index < -0.39 is 5.60 Å². The third kappa shape index (κ3) is 6.00. The van der Waals surface area contributed by atoms with Crippen LogP contribution in [-0.2, 0) is 16.1 Å². The molecule has 0 amide bonds. The van der Waals surface area contributed by atoms with Gasteiger partial charge in [0.2, 0.25) is 0 Å². The van der Waals surface area contributed by atoms with Crippen LogP contribution in [0.2, 0.25) is 5.02 Å². The minimum absolute atomic E-state index is 0.0939. The number of carbonyl (C=O) groups excluding carboxylic acids is 1. The monoisotopic (exact) mass is 400 g/mol. The predicted molar refractivity (Wildman–Crippen MR) is 113 cm³/mol. The molecule has 1 fully saturated rings. The molecule has 2 unspecified atom stereocenters.